The number of nitriles is 1. The summed E-state index contributed by atoms with van der Waals surface area (Å²) in [5.41, 5.74) is 4.03. The number of rotatable bonds is 8. The minimum atomic E-state index is -0.669. The van der Waals surface area contributed by atoms with Crippen molar-refractivity contribution in [2.75, 3.05) is 10.6 Å². The lowest BCUT2D eigenvalue weighted by molar-refractivity contribution is -0.387. The summed E-state index contributed by atoms with van der Waals surface area (Å²) in [6.07, 6.45) is 1.29. The van der Waals surface area contributed by atoms with Crippen LogP contribution in [0.1, 0.15) is 27.0 Å². The maximum atomic E-state index is 12.7. The summed E-state index contributed by atoms with van der Waals surface area (Å²) in [6, 6.07) is 23.9. The van der Waals surface area contributed by atoms with E-state index in [0.717, 1.165) is 27.6 Å². The molecule has 0 aliphatic heterocycles. The number of nitrogens with one attached hydrogen (secondary N) is 2. The lowest BCUT2D eigenvalue weighted by Crippen LogP contribution is -2.13. The lowest BCUT2D eigenvalue weighted by atomic mass is 10.1. The number of benzene rings is 4. The molecule has 0 unspecified atom stereocenters. The van der Waals surface area contributed by atoms with Gasteiger partial charge < -0.3 is 10.6 Å². The van der Waals surface area contributed by atoms with Crippen molar-refractivity contribution in [2.45, 2.75) is 23.1 Å². The zero-order chi connectivity index (χ0) is 31.4. The minimum Gasteiger partial charge on any atom is -0.322 e. The van der Waals surface area contributed by atoms with Crippen LogP contribution in [-0.4, -0.2) is 21.7 Å². The molecule has 5 rings (SSSR count). The first-order valence-electron chi connectivity index (χ1n) is 13.0. The van der Waals surface area contributed by atoms with Gasteiger partial charge in [-0.1, -0.05) is 53.2 Å². The van der Waals surface area contributed by atoms with Crippen molar-refractivity contribution >= 4 is 79.9 Å². The Morgan fingerprint density at radius 1 is 1.00 bits per heavy atom. The number of hydrogen-bond donors (Lipinski definition) is 2. The van der Waals surface area contributed by atoms with E-state index in [1.807, 2.05) is 38.1 Å². The highest BCUT2D eigenvalue weighted by atomic mass is 35.5. The molecule has 218 valence electrons. The zero-order valence-electron chi connectivity index (χ0n) is 23.3. The molecular formula is C32H22ClN5O4S2. The normalized spacial score (nSPS) is 11.2. The van der Waals surface area contributed by atoms with E-state index in [-0.39, 0.29) is 17.2 Å². The predicted octanol–water partition coefficient (Wildman–Crippen LogP) is 8.42. The van der Waals surface area contributed by atoms with E-state index in [1.54, 1.807) is 54.6 Å². The topological polar surface area (TPSA) is 138 Å². The van der Waals surface area contributed by atoms with E-state index in [4.69, 9.17) is 11.6 Å². The van der Waals surface area contributed by atoms with Gasteiger partial charge in [-0.2, -0.15) is 5.26 Å². The first-order chi connectivity index (χ1) is 21.1. The number of carbonyl (C=O) groups excluding carboxylic acids is 2. The fourth-order valence-electron chi connectivity index (χ4n) is 4.06. The SMILES string of the molecule is Cc1ccc(C(=O)Nc2ccc3nc(Sc4ccc(/C=C(\C#N)C(=O)Nc5ccc(C)c(Cl)c5)cc4[N+](=O)[O-])sc3c2)cc1. The lowest BCUT2D eigenvalue weighted by Gasteiger charge is -2.06. The van der Waals surface area contributed by atoms with Crippen molar-refractivity contribution < 1.29 is 14.5 Å². The number of nitrogens with zero attached hydrogens (tertiary/aromatic N) is 3. The highest BCUT2D eigenvalue weighted by molar-refractivity contribution is 8.01. The monoisotopic (exact) mass is 639 g/mol. The van der Waals surface area contributed by atoms with Crippen LogP contribution in [0.4, 0.5) is 17.1 Å². The maximum Gasteiger partial charge on any atom is 0.283 e. The maximum absolute atomic E-state index is 12.7. The number of anilines is 2. The second-order valence-electron chi connectivity index (χ2n) is 9.66. The van der Waals surface area contributed by atoms with Crippen LogP contribution < -0.4 is 10.6 Å². The molecule has 0 saturated heterocycles. The highest BCUT2D eigenvalue weighted by Gasteiger charge is 2.19. The highest BCUT2D eigenvalue weighted by Crippen LogP contribution is 2.40. The molecule has 9 nitrogen and oxygen atoms in total. The molecule has 44 heavy (non-hydrogen) atoms. The molecule has 2 N–H and O–H groups in total. The second kappa shape index (κ2) is 13.1. The van der Waals surface area contributed by atoms with E-state index < -0.39 is 10.8 Å². The molecule has 1 heterocycles. The molecule has 5 aromatic rings. The molecule has 4 aromatic carbocycles. The number of nitro benzene ring substituents is 1. The molecule has 12 heteroatoms. The van der Waals surface area contributed by atoms with E-state index in [2.05, 4.69) is 15.6 Å². The van der Waals surface area contributed by atoms with Crippen LogP contribution in [0.3, 0.4) is 0 Å². The Labute approximate surface area is 265 Å². The van der Waals surface area contributed by atoms with Crippen molar-refractivity contribution in [1.29, 1.82) is 5.26 Å². The Kier molecular flexibility index (Phi) is 9.06. The molecule has 0 saturated carbocycles. The fraction of sp³-hybridized carbons (Fsp3) is 0.0625. The van der Waals surface area contributed by atoms with E-state index in [0.29, 0.717) is 42.3 Å². The smallest absolute Gasteiger partial charge is 0.283 e. The Bertz CT molecular complexity index is 2020. The first-order valence-corrected chi connectivity index (χ1v) is 15.0. The average Bonchev–Trinajstić information content (AvgIpc) is 3.40. The largest absolute Gasteiger partial charge is 0.322 e. The summed E-state index contributed by atoms with van der Waals surface area (Å²) in [6.45, 7) is 3.77. The number of aryl methyl sites for hydroxylation is 2. The predicted molar refractivity (Wildman–Crippen MR) is 174 cm³/mol. The number of carbonyl (C=O) groups is 2. The Hall–Kier alpha value is -5.02. The van der Waals surface area contributed by atoms with Gasteiger partial charge in [0.15, 0.2) is 4.34 Å². The summed E-state index contributed by atoms with van der Waals surface area (Å²) in [5.74, 6) is -0.901. The van der Waals surface area contributed by atoms with E-state index in [9.17, 15) is 25.0 Å². The number of nitro groups is 1. The third-order valence-corrected chi connectivity index (χ3v) is 8.97. The number of aromatic nitrogens is 1. The zero-order valence-corrected chi connectivity index (χ0v) is 25.6. The van der Waals surface area contributed by atoms with Gasteiger partial charge in [-0.05, 0) is 79.6 Å². The van der Waals surface area contributed by atoms with Gasteiger partial charge in [0.05, 0.1) is 20.0 Å². The van der Waals surface area contributed by atoms with Crippen molar-refractivity contribution in [3.63, 3.8) is 0 Å². The van der Waals surface area contributed by atoms with Crippen molar-refractivity contribution in [1.82, 2.24) is 4.98 Å². The standard InChI is InChI=1S/C32H22ClN5O4S2/c1-18-3-7-21(8-4-18)30(39)36-24-10-11-26-29(16-24)44-32(37-26)43-28-12-6-20(14-27(28)38(41)42)13-22(17-34)31(40)35-23-9-5-19(2)25(33)15-23/h3-16H,1-2H3,(H,35,40)(H,36,39)/b22-13+. The van der Waals surface area contributed by atoms with Crippen LogP contribution in [0.25, 0.3) is 16.3 Å². The van der Waals surface area contributed by atoms with Crippen LogP contribution in [0, 0.1) is 35.3 Å². The summed E-state index contributed by atoms with van der Waals surface area (Å²) in [5, 5.41) is 27.5. The van der Waals surface area contributed by atoms with Crippen LogP contribution in [0.15, 0.2) is 93.7 Å². The van der Waals surface area contributed by atoms with Gasteiger partial charge in [0, 0.05) is 28.0 Å². The molecule has 0 radical (unpaired) electrons. The van der Waals surface area contributed by atoms with Gasteiger partial charge in [-0.25, -0.2) is 4.98 Å². The second-order valence-corrected chi connectivity index (χ2v) is 12.4. The minimum absolute atomic E-state index is 0.197. The third-order valence-electron chi connectivity index (χ3n) is 6.42. The van der Waals surface area contributed by atoms with Crippen molar-refractivity contribution in [2.24, 2.45) is 0 Å². The molecule has 0 spiro atoms. The van der Waals surface area contributed by atoms with Gasteiger partial charge in [0.25, 0.3) is 17.5 Å². The van der Waals surface area contributed by atoms with Gasteiger partial charge in [0.2, 0.25) is 0 Å². The van der Waals surface area contributed by atoms with Gasteiger partial charge >= 0.3 is 0 Å². The molecule has 0 aliphatic rings. The molecule has 2 amide bonds. The quantitative estimate of drug-likeness (QED) is 0.0752. The molecule has 0 bridgehead atoms. The van der Waals surface area contributed by atoms with E-state index >= 15 is 0 Å². The van der Waals surface area contributed by atoms with Gasteiger partial charge in [0.1, 0.15) is 11.6 Å². The molecule has 0 fully saturated rings. The van der Waals surface area contributed by atoms with E-state index in [1.165, 1.54) is 23.5 Å². The van der Waals surface area contributed by atoms with Crippen LogP contribution in [0.5, 0.6) is 0 Å². The fourth-order valence-corrected chi connectivity index (χ4v) is 6.39. The van der Waals surface area contributed by atoms with Crippen LogP contribution in [0.2, 0.25) is 5.02 Å². The Balaban J connectivity index is 1.34. The molecular weight excluding hydrogens is 618 g/mol. The Morgan fingerprint density at radius 2 is 1.73 bits per heavy atom. The summed E-state index contributed by atoms with van der Waals surface area (Å²) in [4.78, 5) is 41.7. The molecule has 0 aliphatic carbocycles. The summed E-state index contributed by atoms with van der Waals surface area (Å²) < 4.78 is 1.37. The van der Waals surface area contributed by atoms with Crippen LogP contribution >= 0.6 is 34.7 Å². The number of fused-ring (bicyclic) bond motifs is 1. The molecule has 0 atom stereocenters. The Morgan fingerprint density at radius 3 is 2.43 bits per heavy atom. The number of amides is 2. The summed E-state index contributed by atoms with van der Waals surface area (Å²) >= 11 is 8.59. The van der Waals surface area contributed by atoms with Gasteiger partial charge in [-0.15, -0.1) is 11.3 Å². The number of halogens is 1. The average molecular weight is 640 g/mol. The summed E-state index contributed by atoms with van der Waals surface area (Å²) in [7, 11) is 0. The first kappa shape index (κ1) is 30.4. The van der Waals surface area contributed by atoms with Crippen molar-refractivity contribution in [3.05, 3.63) is 122 Å². The molecule has 1 aromatic heterocycles. The van der Waals surface area contributed by atoms with Gasteiger partial charge in [-0.3, -0.25) is 19.7 Å². The van der Waals surface area contributed by atoms with Crippen molar-refractivity contribution in [3.8, 4) is 6.07 Å². The third kappa shape index (κ3) is 7.12. The number of hydrogen-bond acceptors (Lipinski definition) is 8. The van der Waals surface area contributed by atoms with Crippen LogP contribution in [-0.2, 0) is 4.79 Å². The number of thiazole rings is 1.